The number of hydrogen-bond donors (Lipinski definition) is 7. The van der Waals surface area contributed by atoms with Crippen LogP contribution in [0.3, 0.4) is 0 Å². The van der Waals surface area contributed by atoms with E-state index >= 15 is 0 Å². The molecular formula is C10H15N5O11P2. The van der Waals surface area contributed by atoms with Gasteiger partial charge >= 0.3 is 15.6 Å². The molecule has 5 atom stereocenters. The number of aliphatic hydroxyl groups is 2. The number of aromatic nitrogens is 4. The van der Waals surface area contributed by atoms with Crippen molar-refractivity contribution in [3.05, 3.63) is 16.7 Å². The SMILES string of the molecule is Nc1nc2c(ncn2[C@@H]2O[C@@H](CO[P@@](=O)(O)OP(=O)(O)O)[C@H](O)[C@H]2O)c(=O)[nH]1. The van der Waals surface area contributed by atoms with Crippen LogP contribution in [-0.4, -0.2) is 69.3 Å². The molecule has 0 aliphatic carbocycles. The van der Waals surface area contributed by atoms with Crippen molar-refractivity contribution < 1.29 is 47.6 Å². The number of nitrogens with one attached hydrogen (secondary N) is 1. The summed E-state index contributed by atoms with van der Waals surface area (Å²) >= 11 is 0. The Hall–Kier alpha value is -1.71. The minimum atomic E-state index is -5.32. The van der Waals surface area contributed by atoms with Gasteiger partial charge in [-0.05, 0) is 0 Å². The Balaban J connectivity index is 1.79. The van der Waals surface area contributed by atoms with Crippen molar-refractivity contribution in [1.29, 1.82) is 0 Å². The average Bonchev–Trinajstić information content (AvgIpc) is 3.06. The second-order valence-electron chi connectivity index (χ2n) is 5.66. The number of phosphoric acid groups is 2. The normalized spacial score (nSPS) is 27.9. The van der Waals surface area contributed by atoms with Crippen LogP contribution in [0.15, 0.2) is 11.1 Å². The van der Waals surface area contributed by atoms with Crippen LogP contribution >= 0.6 is 15.6 Å². The molecule has 0 amide bonds. The number of H-pyrrole nitrogens is 1. The van der Waals surface area contributed by atoms with E-state index in [1.807, 2.05) is 0 Å². The fourth-order valence-electron chi connectivity index (χ4n) is 2.55. The van der Waals surface area contributed by atoms with Crippen molar-refractivity contribution in [2.45, 2.75) is 24.5 Å². The summed E-state index contributed by atoms with van der Waals surface area (Å²) in [7, 11) is -10.5. The minimum Gasteiger partial charge on any atom is -0.387 e. The van der Waals surface area contributed by atoms with E-state index in [4.69, 9.17) is 20.3 Å². The monoisotopic (exact) mass is 443 g/mol. The van der Waals surface area contributed by atoms with Gasteiger partial charge in [0.1, 0.15) is 18.3 Å². The van der Waals surface area contributed by atoms with Gasteiger partial charge in [0.05, 0.1) is 12.9 Å². The predicted octanol–water partition coefficient (Wildman–Crippen LogP) is -2.45. The standard InChI is InChI=1S/C10H15N5O11P2/c11-10-13-7-4(8(18)14-10)12-2-15(7)9-6(17)5(16)3(25-9)1-24-28(22,23)26-27(19,20)21/h2-3,5-6,9,16-17H,1H2,(H,22,23)(H2,19,20,21)(H3,11,13,14,18)/t3-,5-,6+,9+/m0/s1. The molecule has 0 saturated carbocycles. The molecule has 28 heavy (non-hydrogen) atoms. The average molecular weight is 443 g/mol. The summed E-state index contributed by atoms with van der Waals surface area (Å²) in [6.45, 7) is -0.870. The van der Waals surface area contributed by atoms with Gasteiger partial charge in [-0.3, -0.25) is 18.9 Å². The highest BCUT2D eigenvalue weighted by molar-refractivity contribution is 7.60. The number of ether oxygens (including phenoxy) is 1. The molecule has 1 saturated heterocycles. The number of nitrogens with zero attached hydrogens (tertiary/aromatic N) is 3. The number of nitrogen functional groups attached to an aromatic ring is 1. The Morgan fingerprint density at radius 3 is 2.61 bits per heavy atom. The Morgan fingerprint density at radius 2 is 1.96 bits per heavy atom. The topological polar surface area (TPSA) is 253 Å². The lowest BCUT2D eigenvalue weighted by Gasteiger charge is -2.17. The lowest BCUT2D eigenvalue weighted by molar-refractivity contribution is -0.0503. The molecule has 1 aliphatic rings. The minimum absolute atomic E-state index is 0.0586. The molecule has 2 aromatic rings. The summed E-state index contributed by atoms with van der Waals surface area (Å²) in [4.78, 5) is 48.1. The number of phosphoric ester groups is 1. The van der Waals surface area contributed by atoms with E-state index in [1.165, 1.54) is 0 Å². The summed E-state index contributed by atoms with van der Waals surface area (Å²) < 4.78 is 36.6. The van der Waals surface area contributed by atoms with Crippen LogP contribution in [0, 0.1) is 0 Å². The molecule has 16 nitrogen and oxygen atoms in total. The lowest BCUT2D eigenvalue weighted by Crippen LogP contribution is -2.33. The first kappa shape index (κ1) is 21.0. The largest absolute Gasteiger partial charge is 0.481 e. The third kappa shape index (κ3) is 4.31. The molecule has 1 aliphatic heterocycles. The Morgan fingerprint density at radius 1 is 1.29 bits per heavy atom. The molecule has 156 valence electrons. The number of fused-ring (bicyclic) bond motifs is 1. The van der Waals surface area contributed by atoms with Crippen LogP contribution in [-0.2, 0) is 22.7 Å². The number of hydrogen-bond acceptors (Lipinski definition) is 11. The Labute approximate surface area is 154 Å². The van der Waals surface area contributed by atoms with Crippen LogP contribution in [0.2, 0.25) is 0 Å². The molecule has 1 fully saturated rings. The summed E-state index contributed by atoms with van der Waals surface area (Å²) in [6.07, 6.45) is -4.88. The first-order valence-corrected chi connectivity index (χ1v) is 10.4. The van der Waals surface area contributed by atoms with Gasteiger partial charge in [0.25, 0.3) is 5.56 Å². The summed E-state index contributed by atoms with van der Waals surface area (Å²) in [5, 5.41) is 20.3. The van der Waals surface area contributed by atoms with Gasteiger partial charge in [0.2, 0.25) is 5.95 Å². The molecule has 3 heterocycles. The van der Waals surface area contributed by atoms with Crippen molar-refractivity contribution in [3.8, 4) is 0 Å². The van der Waals surface area contributed by atoms with Crippen LogP contribution in [0.1, 0.15) is 6.23 Å². The van der Waals surface area contributed by atoms with Gasteiger partial charge < -0.3 is 35.4 Å². The predicted molar refractivity (Wildman–Crippen MR) is 87.4 cm³/mol. The molecule has 18 heteroatoms. The number of anilines is 1. The van der Waals surface area contributed by atoms with Crippen LogP contribution in [0.25, 0.3) is 11.2 Å². The van der Waals surface area contributed by atoms with Gasteiger partial charge in [0, 0.05) is 0 Å². The zero-order valence-corrected chi connectivity index (χ0v) is 15.4. The summed E-state index contributed by atoms with van der Waals surface area (Å²) in [5.41, 5.74) is 4.65. The number of aliphatic hydroxyl groups excluding tert-OH is 2. The van der Waals surface area contributed by atoms with Gasteiger partial charge in [-0.1, -0.05) is 0 Å². The highest BCUT2D eigenvalue weighted by atomic mass is 31.3. The molecule has 3 rings (SSSR count). The van der Waals surface area contributed by atoms with E-state index < -0.39 is 52.4 Å². The highest BCUT2D eigenvalue weighted by Crippen LogP contribution is 2.57. The van der Waals surface area contributed by atoms with E-state index in [2.05, 4.69) is 23.8 Å². The van der Waals surface area contributed by atoms with Crippen molar-refractivity contribution in [1.82, 2.24) is 19.5 Å². The smallest absolute Gasteiger partial charge is 0.387 e. The van der Waals surface area contributed by atoms with E-state index in [1.54, 1.807) is 0 Å². The molecule has 0 bridgehead atoms. The van der Waals surface area contributed by atoms with Crippen molar-refractivity contribution in [3.63, 3.8) is 0 Å². The fourth-order valence-corrected chi connectivity index (χ4v) is 4.15. The van der Waals surface area contributed by atoms with Crippen molar-refractivity contribution >= 4 is 32.8 Å². The Bertz CT molecular complexity index is 1030. The quantitative estimate of drug-likeness (QED) is 0.229. The van der Waals surface area contributed by atoms with E-state index in [9.17, 15) is 29.0 Å². The third-order valence-corrected chi connectivity index (χ3v) is 5.83. The van der Waals surface area contributed by atoms with Crippen LogP contribution < -0.4 is 11.3 Å². The number of aromatic amines is 1. The fraction of sp³-hybridized carbons (Fsp3) is 0.500. The molecular weight excluding hydrogens is 428 g/mol. The lowest BCUT2D eigenvalue weighted by atomic mass is 10.1. The van der Waals surface area contributed by atoms with Gasteiger partial charge in [-0.2, -0.15) is 9.29 Å². The maximum absolute atomic E-state index is 11.8. The molecule has 2 aromatic heterocycles. The number of imidazole rings is 1. The summed E-state index contributed by atoms with van der Waals surface area (Å²) in [6, 6.07) is 0. The molecule has 0 aromatic carbocycles. The van der Waals surface area contributed by atoms with Gasteiger partial charge in [-0.15, -0.1) is 0 Å². The van der Waals surface area contributed by atoms with Crippen LogP contribution in [0.4, 0.5) is 5.95 Å². The first-order chi connectivity index (χ1) is 12.9. The van der Waals surface area contributed by atoms with E-state index in [-0.39, 0.29) is 17.1 Å². The first-order valence-electron chi connectivity index (χ1n) is 7.36. The van der Waals surface area contributed by atoms with E-state index in [0.29, 0.717) is 0 Å². The Kier molecular flexibility index (Phi) is 5.46. The van der Waals surface area contributed by atoms with E-state index in [0.717, 1.165) is 10.9 Å². The maximum atomic E-state index is 11.8. The third-order valence-electron chi connectivity index (χ3n) is 3.67. The number of nitrogens with two attached hydrogens (primary N) is 1. The summed E-state index contributed by atoms with van der Waals surface area (Å²) in [5.74, 6) is -0.233. The molecule has 0 spiro atoms. The molecule has 0 radical (unpaired) electrons. The van der Waals surface area contributed by atoms with Crippen molar-refractivity contribution in [2.75, 3.05) is 12.3 Å². The molecule has 8 N–H and O–H groups in total. The second kappa shape index (κ2) is 7.27. The van der Waals surface area contributed by atoms with Gasteiger partial charge in [0.15, 0.2) is 17.4 Å². The van der Waals surface area contributed by atoms with Gasteiger partial charge in [-0.25, -0.2) is 14.1 Å². The zero-order chi connectivity index (χ0) is 20.9. The molecule has 0 unspecified atom stereocenters. The van der Waals surface area contributed by atoms with Crippen LogP contribution in [0.5, 0.6) is 0 Å². The second-order valence-corrected chi connectivity index (χ2v) is 8.49. The van der Waals surface area contributed by atoms with Crippen molar-refractivity contribution in [2.24, 2.45) is 0 Å². The number of rotatable bonds is 6. The zero-order valence-electron chi connectivity index (χ0n) is 13.6. The highest BCUT2D eigenvalue weighted by Gasteiger charge is 2.46. The maximum Gasteiger partial charge on any atom is 0.481 e.